The lowest BCUT2D eigenvalue weighted by atomic mass is 9.49. The van der Waals surface area contributed by atoms with E-state index in [0.717, 1.165) is 24.3 Å². The molecule has 4 aliphatic rings. The fourth-order valence-corrected chi connectivity index (χ4v) is 5.41. The molecular weight excluding hydrogens is 222 g/mol. The molecule has 2 heteroatoms. The number of hydrogen-bond acceptors (Lipinski definition) is 1. The average Bonchev–Trinajstić information content (AvgIpc) is 2.25. The van der Waals surface area contributed by atoms with Gasteiger partial charge in [0.1, 0.15) is 0 Å². The van der Waals surface area contributed by atoms with Crippen molar-refractivity contribution in [3.05, 3.63) is 0 Å². The third-order valence-corrected chi connectivity index (χ3v) is 5.48. The SMILES string of the molecule is CC(C)CN(C)C(=O)C12CC3CC(CC(C3)C1)C2. The van der Waals surface area contributed by atoms with Crippen molar-refractivity contribution in [1.82, 2.24) is 4.90 Å². The topological polar surface area (TPSA) is 20.3 Å². The Kier molecular flexibility index (Phi) is 2.95. The predicted octanol–water partition coefficient (Wildman–Crippen LogP) is 3.32. The molecule has 0 heterocycles. The van der Waals surface area contributed by atoms with E-state index in [2.05, 4.69) is 13.8 Å². The van der Waals surface area contributed by atoms with Crippen LogP contribution in [0.2, 0.25) is 0 Å². The van der Waals surface area contributed by atoms with Gasteiger partial charge in [0, 0.05) is 13.6 Å². The molecule has 18 heavy (non-hydrogen) atoms. The number of nitrogens with zero attached hydrogens (tertiary/aromatic N) is 1. The Balaban J connectivity index is 1.76. The zero-order valence-corrected chi connectivity index (χ0v) is 12.1. The van der Waals surface area contributed by atoms with Crippen LogP contribution in [0, 0.1) is 29.1 Å². The summed E-state index contributed by atoms with van der Waals surface area (Å²) >= 11 is 0. The zero-order valence-electron chi connectivity index (χ0n) is 12.1. The molecule has 0 aromatic heterocycles. The van der Waals surface area contributed by atoms with E-state index in [9.17, 15) is 4.79 Å². The molecule has 4 fully saturated rings. The fourth-order valence-electron chi connectivity index (χ4n) is 5.41. The van der Waals surface area contributed by atoms with E-state index in [1.165, 1.54) is 38.5 Å². The molecule has 102 valence electrons. The molecule has 0 N–H and O–H groups in total. The molecule has 0 unspecified atom stereocenters. The van der Waals surface area contributed by atoms with E-state index in [0.29, 0.717) is 11.8 Å². The smallest absolute Gasteiger partial charge is 0.228 e. The molecule has 0 spiro atoms. The van der Waals surface area contributed by atoms with Gasteiger partial charge < -0.3 is 4.90 Å². The standard InChI is InChI=1S/C16H27NO/c1-11(2)10-17(3)15(18)16-7-12-4-13(8-16)6-14(5-12)9-16/h11-14H,4-10H2,1-3H3. The van der Waals surface area contributed by atoms with Gasteiger partial charge in [-0.25, -0.2) is 0 Å². The van der Waals surface area contributed by atoms with Gasteiger partial charge in [-0.3, -0.25) is 4.79 Å². The Bertz CT molecular complexity index is 312. The highest BCUT2D eigenvalue weighted by Crippen LogP contribution is 2.60. The van der Waals surface area contributed by atoms with Crippen LogP contribution in [0.5, 0.6) is 0 Å². The molecule has 0 radical (unpaired) electrons. The maximum Gasteiger partial charge on any atom is 0.228 e. The lowest BCUT2D eigenvalue weighted by Crippen LogP contribution is -2.54. The minimum atomic E-state index is 0.0540. The summed E-state index contributed by atoms with van der Waals surface area (Å²) in [6, 6.07) is 0. The Morgan fingerprint density at radius 1 is 1.11 bits per heavy atom. The molecule has 4 saturated carbocycles. The van der Waals surface area contributed by atoms with Crippen molar-refractivity contribution in [2.24, 2.45) is 29.1 Å². The first-order chi connectivity index (χ1) is 8.48. The molecular formula is C16H27NO. The van der Waals surface area contributed by atoms with Crippen LogP contribution in [0.15, 0.2) is 0 Å². The Morgan fingerprint density at radius 3 is 1.94 bits per heavy atom. The summed E-state index contributed by atoms with van der Waals surface area (Å²) < 4.78 is 0. The highest BCUT2D eigenvalue weighted by molar-refractivity contribution is 5.83. The average molecular weight is 249 g/mol. The maximum atomic E-state index is 12.9. The number of rotatable bonds is 3. The van der Waals surface area contributed by atoms with Crippen LogP contribution >= 0.6 is 0 Å². The van der Waals surface area contributed by atoms with Crippen molar-refractivity contribution < 1.29 is 4.79 Å². The zero-order chi connectivity index (χ0) is 12.9. The summed E-state index contributed by atoms with van der Waals surface area (Å²) in [6.45, 7) is 5.31. The summed E-state index contributed by atoms with van der Waals surface area (Å²) in [5.41, 5.74) is 0.0540. The Morgan fingerprint density at radius 2 is 1.56 bits per heavy atom. The van der Waals surface area contributed by atoms with Crippen molar-refractivity contribution in [2.75, 3.05) is 13.6 Å². The van der Waals surface area contributed by atoms with Crippen molar-refractivity contribution in [2.45, 2.75) is 52.4 Å². The van der Waals surface area contributed by atoms with E-state index >= 15 is 0 Å². The molecule has 4 aliphatic carbocycles. The Labute approximate surface area is 111 Å². The van der Waals surface area contributed by atoms with Gasteiger partial charge in [-0.05, 0) is 62.2 Å². The Hall–Kier alpha value is -0.530. The number of amides is 1. The maximum absolute atomic E-state index is 12.9. The van der Waals surface area contributed by atoms with Gasteiger partial charge in [0.2, 0.25) is 5.91 Å². The second-order valence-corrected chi connectivity index (χ2v) is 7.78. The van der Waals surface area contributed by atoms with Crippen molar-refractivity contribution in [3.63, 3.8) is 0 Å². The van der Waals surface area contributed by atoms with E-state index in [1.54, 1.807) is 0 Å². The molecule has 2 nitrogen and oxygen atoms in total. The molecule has 0 aromatic rings. The fraction of sp³-hybridized carbons (Fsp3) is 0.938. The first kappa shape index (κ1) is 12.5. The summed E-state index contributed by atoms with van der Waals surface area (Å²) in [6.07, 6.45) is 7.84. The van der Waals surface area contributed by atoms with Gasteiger partial charge in [0.25, 0.3) is 0 Å². The van der Waals surface area contributed by atoms with Crippen molar-refractivity contribution in [3.8, 4) is 0 Å². The van der Waals surface area contributed by atoms with E-state index in [4.69, 9.17) is 0 Å². The molecule has 0 aliphatic heterocycles. The molecule has 4 rings (SSSR count). The summed E-state index contributed by atoms with van der Waals surface area (Å²) in [7, 11) is 2.01. The van der Waals surface area contributed by atoms with Crippen LogP contribution in [0.4, 0.5) is 0 Å². The lowest BCUT2D eigenvalue weighted by Gasteiger charge is -2.56. The van der Waals surface area contributed by atoms with E-state index in [-0.39, 0.29) is 5.41 Å². The number of carbonyl (C=O) groups is 1. The van der Waals surface area contributed by atoms with Gasteiger partial charge in [0.15, 0.2) is 0 Å². The molecule has 0 saturated heterocycles. The third kappa shape index (κ3) is 1.98. The molecule has 0 atom stereocenters. The van der Waals surface area contributed by atoms with Gasteiger partial charge in [-0.2, -0.15) is 0 Å². The summed E-state index contributed by atoms with van der Waals surface area (Å²) in [5, 5.41) is 0. The van der Waals surface area contributed by atoms with Crippen LogP contribution in [-0.2, 0) is 4.79 Å². The van der Waals surface area contributed by atoms with Gasteiger partial charge >= 0.3 is 0 Å². The monoisotopic (exact) mass is 249 g/mol. The van der Waals surface area contributed by atoms with Crippen molar-refractivity contribution in [1.29, 1.82) is 0 Å². The molecule has 4 bridgehead atoms. The first-order valence-electron chi connectivity index (χ1n) is 7.74. The highest BCUT2D eigenvalue weighted by Gasteiger charge is 2.55. The molecule has 1 amide bonds. The van der Waals surface area contributed by atoms with Gasteiger partial charge in [-0.15, -0.1) is 0 Å². The predicted molar refractivity (Wildman–Crippen MR) is 73.1 cm³/mol. The van der Waals surface area contributed by atoms with Crippen LogP contribution in [0.3, 0.4) is 0 Å². The van der Waals surface area contributed by atoms with E-state index < -0.39 is 0 Å². The first-order valence-corrected chi connectivity index (χ1v) is 7.74. The quantitative estimate of drug-likeness (QED) is 0.751. The second kappa shape index (κ2) is 4.25. The molecule has 0 aromatic carbocycles. The minimum absolute atomic E-state index is 0.0540. The number of carbonyl (C=O) groups excluding carboxylic acids is 1. The summed E-state index contributed by atoms with van der Waals surface area (Å²) in [5.74, 6) is 3.65. The van der Waals surface area contributed by atoms with Crippen molar-refractivity contribution >= 4 is 5.91 Å². The highest BCUT2D eigenvalue weighted by atomic mass is 16.2. The van der Waals surface area contributed by atoms with Crippen LogP contribution in [-0.4, -0.2) is 24.4 Å². The number of hydrogen-bond donors (Lipinski definition) is 0. The lowest BCUT2D eigenvalue weighted by molar-refractivity contribution is -0.156. The normalized spacial score (nSPS) is 41.4. The minimum Gasteiger partial charge on any atom is -0.345 e. The van der Waals surface area contributed by atoms with Crippen LogP contribution < -0.4 is 0 Å². The largest absolute Gasteiger partial charge is 0.345 e. The summed E-state index contributed by atoms with van der Waals surface area (Å²) in [4.78, 5) is 14.9. The van der Waals surface area contributed by atoms with Gasteiger partial charge in [0.05, 0.1) is 5.41 Å². The van der Waals surface area contributed by atoms with Crippen LogP contribution in [0.1, 0.15) is 52.4 Å². The third-order valence-electron chi connectivity index (χ3n) is 5.48. The van der Waals surface area contributed by atoms with Crippen LogP contribution in [0.25, 0.3) is 0 Å². The van der Waals surface area contributed by atoms with E-state index in [1.807, 2.05) is 11.9 Å². The second-order valence-electron chi connectivity index (χ2n) is 7.78. The van der Waals surface area contributed by atoms with Gasteiger partial charge in [-0.1, -0.05) is 13.8 Å².